The largest absolute Gasteiger partial charge is 0.326 e. The van der Waals surface area contributed by atoms with E-state index in [1.54, 1.807) is 0 Å². The third kappa shape index (κ3) is 2.84. The van der Waals surface area contributed by atoms with Gasteiger partial charge in [0.2, 0.25) is 5.91 Å². The molecule has 0 saturated carbocycles. The summed E-state index contributed by atoms with van der Waals surface area (Å²) < 4.78 is 0. The highest BCUT2D eigenvalue weighted by atomic mass is 16.1. The zero-order chi connectivity index (χ0) is 14.0. The minimum absolute atomic E-state index is 0.0127. The molecule has 1 heterocycles. The Kier molecular flexibility index (Phi) is 3.69. The van der Waals surface area contributed by atoms with Gasteiger partial charge >= 0.3 is 0 Å². The van der Waals surface area contributed by atoms with Crippen molar-refractivity contribution in [1.82, 2.24) is 10.2 Å². The summed E-state index contributed by atoms with van der Waals surface area (Å²) in [6, 6.07) is 5.91. The monoisotopic (exact) mass is 257 g/mol. The van der Waals surface area contributed by atoms with Crippen molar-refractivity contribution < 1.29 is 4.79 Å². The van der Waals surface area contributed by atoms with Gasteiger partial charge in [-0.25, -0.2) is 0 Å². The molecule has 2 rings (SSSR count). The maximum Gasteiger partial charge on any atom is 0.228 e. The highest BCUT2D eigenvalue weighted by Crippen LogP contribution is 2.18. The number of nitrogens with one attached hydrogen (secondary N) is 2. The number of H-pyrrole nitrogens is 1. The summed E-state index contributed by atoms with van der Waals surface area (Å²) >= 11 is 0. The van der Waals surface area contributed by atoms with Gasteiger partial charge < -0.3 is 5.32 Å². The molecular formula is C15H19N3O. The van der Waals surface area contributed by atoms with Crippen LogP contribution in [0.4, 0.5) is 5.69 Å². The molecule has 2 aromatic rings. The average molecular weight is 257 g/mol. The van der Waals surface area contributed by atoms with Gasteiger partial charge in [-0.2, -0.15) is 5.10 Å². The topological polar surface area (TPSA) is 57.8 Å². The Morgan fingerprint density at radius 1 is 1.26 bits per heavy atom. The van der Waals surface area contributed by atoms with Gasteiger partial charge in [0.25, 0.3) is 0 Å². The second-order valence-electron chi connectivity index (χ2n) is 4.88. The van der Waals surface area contributed by atoms with Crippen LogP contribution in [0.25, 0.3) is 0 Å². The predicted molar refractivity (Wildman–Crippen MR) is 76.3 cm³/mol. The highest BCUT2D eigenvalue weighted by molar-refractivity contribution is 5.93. The van der Waals surface area contributed by atoms with Gasteiger partial charge in [0.1, 0.15) is 0 Å². The van der Waals surface area contributed by atoms with E-state index in [-0.39, 0.29) is 5.91 Å². The van der Waals surface area contributed by atoms with E-state index >= 15 is 0 Å². The molecule has 0 saturated heterocycles. The lowest BCUT2D eigenvalue weighted by Crippen LogP contribution is -2.16. The van der Waals surface area contributed by atoms with Crippen molar-refractivity contribution in [3.05, 3.63) is 46.3 Å². The summed E-state index contributed by atoms with van der Waals surface area (Å²) in [5.41, 5.74) is 5.97. The fourth-order valence-corrected chi connectivity index (χ4v) is 2.08. The first-order valence-corrected chi connectivity index (χ1v) is 6.35. The van der Waals surface area contributed by atoms with Crippen molar-refractivity contribution in [1.29, 1.82) is 0 Å². The molecule has 0 aliphatic carbocycles. The van der Waals surface area contributed by atoms with E-state index in [4.69, 9.17) is 0 Å². The fraction of sp³-hybridized carbons (Fsp3) is 0.333. The summed E-state index contributed by atoms with van der Waals surface area (Å²) in [5, 5.41) is 9.96. The Morgan fingerprint density at radius 3 is 2.63 bits per heavy atom. The Labute approximate surface area is 113 Å². The van der Waals surface area contributed by atoms with Gasteiger partial charge in [0, 0.05) is 16.9 Å². The van der Waals surface area contributed by atoms with Crippen LogP contribution < -0.4 is 5.32 Å². The first-order chi connectivity index (χ1) is 8.99. The maximum atomic E-state index is 12.1. The van der Waals surface area contributed by atoms with Gasteiger partial charge in [-0.1, -0.05) is 12.1 Å². The molecule has 0 aliphatic rings. The van der Waals surface area contributed by atoms with Crippen molar-refractivity contribution in [2.45, 2.75) is 34.1 Å². The summed E-state index contributed by atoms with van der Waals surface area (Å²) in [4.78, 5) is 12.1. The quantitative estimate of drug-likeness (QED) is 0.888. The van der Waals surface area contributed by atoms with Gasteiger partial charge in [-0.15, -0.1) is 0 Å². The fourth-order valence-electron chi connectivity index (χ4n) is 2.08. The molecule has 0 spiro atoms. The van der Waals surface area contributed by atoms with Gasteiger partial charge in [-0.3, -0.25) is 9.89 Å². The second-order valence-corrected chi connectivity index (χ2v) is 4.88. The number of rotatable bonds is 3. The van der Waals surface area contributed by atoms with Gasteiger partial charge in [0.05, 0.1) is 12.1 Å². The third-order valence-corrected chi connectivity index (χ3v) is 3.50. The zero-order valence-corrected chi connectivity index (χ0v) is 11.8. The number of aromatic nitrogens is 2. The Bertz CT molecular complexity index is 594. The minimum Gasteiger partial charge on any atom is -0.326 e. The summed E-state index contributed by atoms with van der Waals surface area (Å²) in [6.07, 6.45) is 0.349. The lowest BCUT2D eigenvalue weighted by molar-refractivity contribution is -0.115. The number of hydrogen-bond acceptors (Lipinski definition) is 2. The standard InChI is InChI=1S/C15H19N3O/c1-9-6-5-7-14(10(9)2)16-15(19)8-13-11(3)17-18-12(13)4/h5-7H,8H2,1-4H3,(H,16,19)(H,17,18). The molecule has 0 atom stereocenters. The van der Waals surface area contributed by atoms with Crippen molar-refractivity contribution >= 4 is 11.6 Å². The van der Waals surface area contributed by atoms with Gasteiger partial charge in [0.15, 0.2) is 0 Å². The van der Waals surface area contributed by atoms with Crippen LogP contribution in [0.3, 0.4) is 0 Å². The molecule has 0 aliphatic heterocycles. The number of aromatic amines is 1. The highest BCUT2D eigenvalue weighted by Gasteiger charge is 2.12. The van der Waals surface area contributed by atoms with Crippen LogP contribution in [0.1, 0.15) is 28.1 Å². The molecular weight excluding hydrogens is 238 g/mol. The Balaban J connectivity index is 2.12. The van der Waals surface area contributed by atoms with E-state index in [9.17, 15) is 4.79 Å². The molecule has 0 bridgehead atoms. The number of anilines is 1. The molecule has 1 amide bonds. The van der Waals surface area contributed by atoms with Crippen molar-refractivity contribution in [2.75, 3.05) is 5.32 Å². The molecule has 19 heavy (non-hydrogen) atoms. The molecule has 4 heteroatoms. The van der Waals surface area contributed by atoms with Crippen molar-refractivity contribution in [3.63, 3.8) is 0 Å². The molecule has 1 aromatic heterocycles. The maximum absolute atomic E-state index is 12.1. The summed E-state index contributed by atoms with van der Waals surface area (Å²) in [6.45, 7) is 7.89. The molecule has 0 fully saturated rings. The molecule has 0 unspecified atom stereocenters. The lowest BCUT2D eigenvalue weighted by atomic mass is 10.1. The number of hydrogen-bond donors (Lipinski definition) is 2. The van der Waals surface area contributed by atoms with Crippen LogP contribution in [0.2, 0.25) is 0 Å². The average Bonchev–Trinajstić information content (AvgIpc) is 2.67. The number of aryl methyl sites for hydroxylation is 3. The van der Waals surface area contributed by atoms with E-state index in [0.29, 0.717) is 6.42 Å². The van der Waals surface area contributed by atoms with Gasteiger partial charge in [-0.05, 0) is 44.9 Å². The van der Waals surface area contributed by atoms with E-state index in [0.717, 1.165) is 28.2 Å². The smallest absolute Gasteiger partial charge is 0.228 e. The normalized spacial score (nSPS) is 10.5. The number of nitrogens with zero attached hydrogens (tertiary/aromatic N) is 1. The van der Waals surface area contributed by atoms with Crippen molar-refractivity contribution in [3.8, 4) is 0 Å². The molecule has 1 aromatic carbocycles. The number of carbonyl (C=O) groups is 1. The molecule has 4 nitrogen and oxygen atoms in total. The van der Waals surface area contributed by atoms with Crippen LogP contribution in [0.5, 0.6) is 0 Å². The SMILES string of the molecule is Cc1cccc(NC(=O)Cc2c(C)n[nH]c2C)c1C. The number of amides is 1. The van der Waals surface area contributed by atoms with Crippen molar-refractivity contribution in [2.24, 2.45) is 0 Å². The van der Waals surface area contributed by atoms with Crippen LogP contribution in [0, 0.1) is 27.7 Å². The van der Waals surface area contributed by atoms with Crippen LogP contribution in [0.15, 0.2) is 18.2 Å². The summed E-state index contributed by atoms with van der Waals surface area (Å²) in [7, 11) is 0. The summed E-state index contributed by atoms with van der Waals surface area (Å²) in [5.74, 6) is -0.0127. The lowest BCUT2D eigenvalue weighted by Gasteiger charge is -2.10. The van der Waals surface area contributed by atoms with E-state index in [1.807, 2.05) is 45.9 Å². The zero-order valence-electron chi connectivity index (χ0n) is 11.8. The number of benzene rings is 1. The third-order valence-electron chi connectivity index (χ3n) is 3.50. The molecule has 0 radical (unpaired) electrons. The Morgan fingerprint density at radius 2 is 2.00 bits per heavy atom. The predicted octanol–water partition coefficient (Wildman–Crippen LogP) is 2.82. The molecule has 100 valence electrons. The van der Waals surface area contributed by atoms with Crippen LogP contribution >= 0.6 is 0 Å². The second kappa shape index (κ2) is 5.26. The first kappa shape index (κ1) is 13.3. The van der Waals surface area contributed by atoms with E-state index in [2.05, 4.69) is 15.5 Å². The van der Waals surface area contributed by atoms with E-state index < -0.39 is 0 Å². The van der Waals surface area contributed by atoms with Crippen LogP contribution in [-0.2, 0) is 11.2 Å². The van der Waals surface area contributed by atoms with Crippen LogP contribution in [-0.4, -0.2) is 16.1 Å². The van der Waals surface area contributed by atoms with E-state index in [1.165, 1.54) is 5.56 Å². The minimum atomic E-state index is -0.0127. The number of carbonyl (C=O) groups excluding carboxylic acids is 1. The Hall–Kier alpha value is -2.10. The first-order valence-electron chi connectivity index (χ1n) is 6.35. The molecule has 2 N–H and O–H groups in total.